The van der Waals surface area contributed by atoms with Crippen molar-refractivity contribution in [3.05, 3.63) is 81.8 Å². The van der Waals surface area contributed by atoms with Crippen LogP contribution in [0, 0.1) is 0 Å². The molecule has 0 atom stereocenters. The predicted octanol–water partition coefficient (Wildman–Crippen LogP) is 5.83. The topological polar surface area (TPSA) is 122 Å². The first-order chi connectivity index (χ1) is 17.4. The number of aromatic hydroxyl groups is 1. The molecule has 1 fully saturated rings. The number of anilines is 1. The number of rotatable bonds is 6. The summed E-state index contributed by atoms with van der Waals surface area (Å²) < 4.78 is 6.22. The number of nitrogens with zero attached hydrogens (tertiary/aromatic N) is 3. The van der Waals surface area contributed by atoms with Gasteiger partial charge >= 0.3 is 6.03 Å². The summed E-state index contributed by atoms with van der Waals surface area (Å²) in [4.78, 5) is 25.4. The SMILES string of the molecule is O=C(Nc1ccc(O)c(-c2cc(C3CCC3)n(C(=O)NCc3ccc(Cl)c(Cl)c3)n2)c1)c1ccno1. The molecule has 0 aliphatic heterocycles. The standard InChI is InChI=1S/C25H21Cl2N5O4/c26-18-6-4-14(10-19(18)27)13-28-25(35)32-21(15-2-1-3-15)12-20(31-32)17-11-16(5-7-22(17)33)30-24(34)23-8-9-29-36-23/h4-12,15,33H,1-3,13H2,(H,28,35)(H,30,34). The molecule has 1 aliphatic rings. The zero-order valence-corrected chi connectivity index (χ0v) is 20.4. The summed E-state index contributed by atoms with van der Waals surface area (Å²) in [6, 6.07) is 12.6. The van der Waals surface area contributed by atoms with Crippen LogP contribution in [0.15, 0.2) is 59.3 Å². The van der Waals surface area contributed by atoms with Gasteiger partial charge in [-0.1, -0.05) is 40.8 Å². The van der Waals surface area contributed by atoms with E-state index in [9.17, 15) is 14.7 Å². The molecule has 0 radical (unpaired) electrons. The third kappa shape index (κ3) is 4.93. The number of carbonyl (C=O) groups is 2. The largest absolute Gasteiger partial charge is 0.507 e. The van der Waals surface area contributed by atoms with Crippen LogP contribution in [0.2, 0.25) is 10.0 Å². The Kier molecular flexibility index (Phi) is 6.67. The predicted molar refractivity (Wildman–Crippen MR) is 134 cm³/mol. The minimum atomic E-state index is -0.480. The molecule has 2 amide bonds. The van der Waals surface area contributed by atoms with Crippen LogP contribution >= 0.6 is 23.2 Å². The first-order valence-corrected chi connectivity index (χ1v) is 12.0. The van der Waals surface area contributed by atoms with E-state index in [0.29, 0.717) is 27.0 Å². The maximum Gasteiger partial charge on any atom is 0.342 e. The number of carbonyl (C=O) groups excluding carboxylic acids is 2. The van der Waals surface area contributed by atoms with E-state index in [1.54, 1.807) is 36.4 Å². The summed E-state index contributed by atoms with van der Waals surface area (Å²) in [6.07, 6.45) is 4.35. The third-order valence-corrected chi connectivity index (χ3v) is 6.81. The van der Waals surface area contributed by atoms with Crippen molar-refractivity contribution >= 4 is 40.8 Å². The van der Waals surface area contributed by atoms with Gasteiger partial charge in [0.1, 0.15) is 5.75 Å². The van der Waals surface area contributed by atoms with Gasteiger partial charge in [0.05, 0.1) is 27.6 Å². The fraction of sp³-hybridized carbons (Fsp3) is 0.200. The summed E-state index contributed by atoms with van der Waals surface area (Å²) in [7, 11) is 0. The molecule has 0 unspecified atom stereocenters. The van der Waals surface area contributed by atoms with Gasteiger partial charge in [0.15, 0.2) is 0 Å². The highest BCUT2D eigenvalue weighted by Crippen LogP contribution is 2.39. The molecule has 2 aromatic heterocycles. The lowest BCUT2D eigenvalue weighted by atomic mass is 9.82. The Hall–Kier alpha value is -3.82. The van der Waals surface area contributed by atoms with Gasteiger partial charge in [0, 0.05) is 29.8 Å². The second-order valence-corrected chi connectivity index (χ2v) is 9.28. The maximum absolute atomic E-state index is 13.1. The minimum absolute atomic E-state index is 0.0336. The summed E-state index contributed by atoms with van der Waals surface area (Å²) in [5.74, 6) is -0.265. The lowest BCUT2D eigenvalue weighted by Gasteiger charge is -2.25. The van der Waals surface area contributed by atoms with Crippen LogP contribution in [0.25, 0.3) is 11.3 Å². The Labute approximate surface area is 216 Å². The summed E-state index contributed by atoms with van der Waals surface area (Å²) in [6.45, 7) is 0.240. The molecule has 0 spiro atoms. The normalized spacial score (nSPS) is 13.3. The van der Waals surface area contributed by atoms with Crippen LogP contribution in [0.3, 0.4) is 0 Å². The quantitative estimate of drug-likeness (QED) is 0.272. The smallest absolute Gasteiger partial charge is 0.342 e. The molecule has 1 aliphatic carbocycles. The fourth-order valence-corrected chi connectivity index (χ4v) is 4.25. The van der Waals surface area contributed by atoms with Gasteiger partial charge in [-0.25, -0.2) is 4.79 Å². The van der Waals surface area contributed by atoms with Gasteiger partial charge in [0.2, 0.25) is 5.76 Å². The summed E-state index contributed by atoms with van der Waals surface area (Å²) in [5, 5.41) is 25.0. The lowest BCUT2D eigenvalue weighted by Crippen LogP contribution is -2.31. The molecule has 3 N–H and O–H groups in total. The van der Waals surface area contributed by atoms with Crippen molar-refractivity contribution in [1.82, 2.24) is 20.3 Å². The fourth-order valence-electron chi connectivity index (χ4n) is 3.93. The minimum Gasteiger partial charge on any atom is -0.507 e. The number of phenolic OH excluding ortho intramolecular Hbond substituents is 1. The van der Waals surface area contributed by atoms with E-state index in [1.807, 2.05) is 0 Å². The van der Waals surface area contributed by atoms with E-state index in [4.69, 9.17) is 27.7 Å². The Morgan fingerprint density at radius 3 is 2.61 bits per heavy atom. The Bertz CT molecular complexity index is 1430. The van der Waals surface area contributed by atoms with Crippen molar-refractivity contribution in [3.8, 4) is 17.0 Å². The molecule has 0 bridgehead atoms. The van der Waals surface area contributed by atoms with Crippen LogP contribution in [0.4, 0.5) is 10.5 Å². The van der Waals surface area contributed by atoms with Gasteiger partial charge in [-0.3, -0.25) is 4.79 Å². The van der Waals surface area contributed by atoms with Crippen molar-refractivity contribution in [1.29, 1.82) is 0 Å². The van der Waals surface area contributed by atoms with E-state index in [2.05, 4.69) is 20.9 Å². The van der Waals surface area contributed by atoms with Crippen molar-refractivity contribution in [2.45, 2.75) is 31.7 Å². The number of hydrogen-bond donors (Lipinski definition) is 3. The second kappa shape index (κ2) is 10.0. The average Bonchev–Trinajstić information content (AvgIpc) is 3.51. The number of hydrogen-bond acceptors (Lipinski definition) is 6. The van der Waals surface area contributed by atoms with Crippen molar-refractivity contribution in [2.24, 2.45) is 0 Å². The number of benzene rings is 2. The molecule has 2 heterocycles. The molecule has 1 saturated carbocycles. The number of aromatic nitrogens is 3. The van der Waals surface area contributed by atoms with Crippen LogP contribution in [-0.4, -0.2) is 32.0 Å². The Morgan fingerprint density at radius 1 is 1.08 bits per heavy atom. The molecule has 9 nitrogen and oxygen atoms in total. The first kappa shape index (κ1) is 23.9. The second-order valence-electron chi connectivity index (χ2n) is 8.46. The zero-order chi connectivity index (χ0) is 25.2. The molecule has 184 valence electrons. The maximum atomic E-state index is 13.1. The van der Waals surface area contributed by atoms with Gasteiger partial charge in [-0.15, -0.1) is 0 Å². The molecule has 0 saturated heterocycles. The highest BCUT2D eigenvalue weighted by molar-refractivity contribution is 6.42. The van der Waals surface area contributed by atoms with E-state index >= 15 is 0 Å². The van der Waals surface area contributed by atoms with Gasteiger partial charge < -0.3 is 20.3 Å². The van der Waals surface area contributed by atoms with Crippen molar-refractivity contribution < 1.29 is 19.2 Å². The first-order valence-electron chi connectivity index (χ1n) is 11.3. The number of phenols is 1. The van der Waals surface area contributed by atoms with Crippen LogP contribution in [-0.2, 0) is 6.54 Å². The van der Waals surface area contributed by atoms with E-state index < -0.39 is 11.9 Å². The average molecular weight is 526 g/mol. The Morgan fingerprint density at radius 2 is 1.92 bits per heavy atom. The third-order valence-electron chi connectivity index (χ3n) is 6.07. The highest BCUT2D eigenvalue weighted by Gasteiger charge is 2.27. The lowest BCUT2D eigenvalue weighted by molar-refractivity contribution is 0.0988. The van der Waals surface area contributed by atoms with E-state index in [1.165, 1.54) is 23.0 Å². The number of nitrogens with one attached hydrogen (secondary N) is 2. The molecule has 11 heteroatoms. The van der Waals surface area contributed by atoms with Gasteiger partial charge in [-0.05, 0) is 54.8 Å². The van der Waals surface area contributed by atoms with Crippen LogP contribution < -0.4 is 10.6 Å². The van der Waals surface area contributed by atoms with Gasteiger partial charge in [-0.2, -0.15) is 9.78 Å². The summed E-state index contributed by atoms with van der Waals surface area (Å²) >= 11 is 12.0. The van der Waals surface area contributed by atoms with E-state index in [0.717, 1.165) is 30.5 Å². The monoisotopic (exact) mass is 525 g/mol. The molecular formula is C25H21Cl2N5O4. The number of halogens is 2. The number of amides is 2. The van der Waals surface area contributed by atoms with Crippen LogP contribution in [0.1, 0.15) is 47.0 Å². The molecule has 5 rings (SSSR count). The van der Waals surface area contributed by atoms with Gasteiger partial charge in [0.25, 0.3) is 5.91 Å². The molecule has 4 aromatic rings. The van der Waals surface area contributed by atoms with E-state index in [-0.39, 0.29) is 24.0 Å². The summed E-state index contributed by atoms with van der Waals surface area (Å²) in [5.41, 5.74) is 2.77. The van der Waals surface area contributed by atoms with Crippen molar-refractivity contribution in [3.63, 3.8) is 0 Å². The zero-order valence-electron chi connectivity index (χ0n) is 18.9. The highest BCUT2D eigenvalue weighted by atomic mass is 35.5. The molecule has 36 heavy (non-hydrogen) atoms. The molecule has 2 aromatic carbocycles. The Balaban J connectivity index is 1.40. The van der Waals surface area contributed by atoms with Crippen LogP contribution in [0.5, 0.6) is 5.75 Å². The molecular weight excluding hydrogens is 505 g/mol. The van der Waals surface area contributed by atoms with Crippen molar-refractivity contribution in [2.75, 3.05) is 5.32 Å².